The third kappa shape index (κ3) is 3.09. The molecule has 2 N–H and O–H groups in total. The number of nitrogens with one attached hydrogen (secondary N) is 2. The number of thiocarbonyl (C=S) groups is 1. The van der Waals surface area contributed by atoms with Crippen LogP contribution in [0.15, 0.2) is 47.0 Å². The quantitative estimate of drug-likeness (QED) is 0.708. The molecule has 6 nitrogen and oxygen atoms in total. The zero-order valence-corrected chi connectivity index (χ0v) is 12.5. The van der Waals surface area contributed by atoms with E-state index in [1.165, 1.54) is 6.92 Å². The number of carbonyl (C=O) groups is 1. The van der Waals surface area contributed by atoms with Gasteiger partial charge in [0.1, 0.15) is 0 Å². The smallest absolute Gasteiger partial charge is 0.228 e. The summed E-state index contributed by atoms with van der Waals surface area (Å²) < 4.78 is 5.65. The molecule has 3 rings (SSSR count). The van der Waals surface area contributed by atoms with Gasteiger partial charge in [0.25, 0.3) is 0 Å². The van der Waals surface area contributed by atoms with Gasteiger partial charge in [-0.3, -0.25) is 4.79 Å². The van der Waals surface area contributed by atoms with Crippen LogP contribution in [0.1, 0.15) is 6.92 Å². The van der Waals surface area contributed by atoms with Gasteiger partial charge in [-0.15, -0.1) is 0 Å². The second-order valence-electron chi connectivity index (χ2n) is 4.56. The molecule has 0 unspecified atom stereocenters. The van der Waals surface area contributed by atoms with Gasteiger partial charge >= 0.3 is 0 Å². The van der Waals surface area contributed by atoms with E-state index in [0.717, 1.165) is 11.3 Å². The van der Waals surface area contributed by atoms with E-state index in [4.69, 9.17) is 16.6 Å². The van der Waals surface area contributed by atoms with E-state index in [9.17, 15) is 4.79 Å². The second-order valence-corrected chi connectivity index (χ2v) is 4.97. The minimum atomic E-state index is -0.215. The van der Waals surface area contributed by atoms with Crippen molar-refractivity contribution in [2.24, 2.45) is 0 Å². The average molecular weight is 312 g/mol. The number of pyridine rings is 1. The zero-order valence-electron chi connectivity index (χ0n) is 11.7. The van der Waals surface area contributed by atoms with Crippen molar-refractivity contribution in [2.75, 3.05) is 5.32 Å². The highest BCUT2D eigenvalue weighted by Gasteiger charge is 2.08. The lowest BCUT2D eigenvalue weighted by Crippen LogP contribution is -2.32. The summed E-state index contributed by atoms with van der Waals surface area (Å²) in [6.45, 7) is 1.40. The minimum absolute atomic E-state index is 0.215. The third-order valence-corrected chi connectivity index (χ3v) is 3.05. The molecule has 2 heterocycles. The summed E-state index contributed by atoms with van der Waals surface area (Å²) in [5.41, 5.74) is 2.81. The van der Waals surface area contributed by atoms with Crippen LogP contribution in [0, 0.1) is 0 Å². The Morgan fingerprint density at radius 1 is 1.23 bits per heavy atom. The van der Waals surface area contributed by atoms with Crippen LogP contribution < -0.4 is 10.6 Å². The van der Waals surface area contributed by atoms with Crippen LogP contribution in [-0.4, -0.2) is 21.0 Å². The molecule has 7 heteroatoms. The number of carbonyl (C=O) groups excluding carboxylic acids is 1. The van der Waals surface area contributed by atoms with E-state index in [1.54, 1.807) is 12.3 Å². The topological polar surface area (TPSA) is 80.0 Å². The van der Waals surface area contributed by atoms with E-state index < -0.39 is 0 Å². The number of nitrogens with zero attached hydrogens (tertiary/aromatic N) is 2. The number of rotatable bonds is 2. The molecular formula is C15H12N4O2S. The molecule has 0 aliphatic rings. The Morgan fingerprint density at radius 3 is 2.68 bits per heavy atom. The van der Waals surface area contributed by atoms with Gasteiger partial charge in [-0.2, -0.15) is 4.98 Å². The fourth-order valence-electron chi connectivity index (χ4n) is 1.91. The van der Waals surface area contributed by atoms with Crippen LogP contribution in [-0.2, 0) is 4.79 Å². The van der Waals surface area contributed by atoms with E-state index in [2.05, 4.69) is 20.6 Å². The highest BCUT2D eigenvalue weighted by molar-refractivity contribution is 7.80. The summed E-state index contributed by atoms with van der Waals surface area (Å²) in [6.07, 6.45) is 1.67. The number of benzene rings is 1. The molecule has 0 saturated heterocycles. The fourth-order valence-corrected chi connectivity index (χ4v) is 2.17. The molecule has 1 amide bonds. The summed E-state index contributed by atoms with van der Waals surface area (Å²) in [7, 11) is 0. The number of hydrogen-bond acceptors (Lipinski definition) is 5. The summed E-state index contributed by atoms with van der Waals surface area (Å²) >= 11 is 5.00. The number of amides is 1. The lowest BCUT2D eigenvalue weighted by atomic mass is 10.2. The first-order valence-corrected chi connectivity index (χ1v) is 6.93. The summed E-state index contributed by atoms with van der Waals surface area (Å²) in [6, 6.07) is 11.0. The maximum absolute atomic E-state index is 10.9. The predicted molar refractivity (Wildman–Crippen MR) is 87.3 cm³/mol. The van der Waals surface area contributed by atoms with Gasteiger partial charge in [0, 0.05) is 24.4 Å². The molecule has 0 fully saturated rings. The molecule has 1 aromatic carbocycles. The summed E-state index contributed by atoms with van der Waals surface area (Å²) in [4.78, 5) is 19.4. The van der Waals surface area contributed by atoms with Crippen LogP contribution in [0.2, 0.25) is 0 Å². The molecule has 22 heavy (non-hydrogen) atoms. The van der Waals surface area contributed by atoms with Crippen LogP contribution in [0.4, 0.5) is 5.69 Å². The van der Waals surface area contributed by atoms with E-state index >= 15 is 0 Å². The van der Waals surface area contributed by atoms with Crippen LogP contribution in [0.25, 0.3) is 22.7 Å². The van der Waals surface area contributed by atoms with Crippen molar-refractivity contribution in [1.82, 2.24) is 15.3 Å². The van der Waals surface area contributed by atoms with E-state index in [-0.39, 0.29) is 11.0 Å². The van der Waals surface area contributed by atoms with Crippen LogP contribution in [0.3, 0.4) is 0 Å². The predicted octanol–water partition coefficient (Wildman–Crippen LogP) is 2.72. The lowest BCUT2D eigenvalue weighted by molar-refractivity contribution is -0.117. The molecule has 110 valence electrons. The van der Waals surface area contributed by atoms with Gasteiger partial charge in [-0.05, 0) is 48.6 Å². The normalized spacial score (nSPS) is 10.4. The largest absolute Gasteiger partial charge is 0.434 e. The Bertz CT molecular complexity index is 809. The first kappa shape index (κ1) is 14.2. The van der Waals surface area contributed by atoms with Crippen LogP contribution in [0.5, 0.6) is 0 Å². The number of oxazole rings is 1. The van der Waals surface area contributed by atoms with Crippen molar-refractivity contribution in [1.29, 1.82) is 0 Å². The van der Waals surface area contributed by atoms with Gasteiger partial charge in [0.15, 0.2) is 16.3 Å². The second kappa shape index (κ2) is 5.90. The van der Waals surface area contributed by atoms with Gasteiger partial charge < -0.3 is 15.1 Å². The highest BCUT2D eigenvalue weighted by Crippen LogP contribution is 2.24. The molecule has 0 aliphatic heterocycles. The Kier molecular flexibility index (Phi) is 3.80. The Morgan fingerprint density at radius 2 is 2.00 bits per heavy atom. The SMILES string of the molecule is CC(=O)NC(=S)Nc1ccc(-c2nc3ncccc3o2)cc1. The van der Waals surface area contributed by atoms with Crippen LogP contribution >= 0.6 is 12.2 Å². The van der Waals surface area contributed by atoms with Crippen molar-refractivity contribution in [2.45, 2.75) is 6.92 Å². The monoisotopic (exact) mass is 312 g/mol. The van der Waals surface area contributed by atoms with Gasteiger partial charge in [0.05, 0.1) is 0 Å². The van der Waals surface area contributed by atoms with Gasteiger partial charge in [-0.25, -0.2) is 4.98 Å². The molecule has 3 aromatic rings. The standard InChI is InChI=1S/C15H12N4O2S/c1-9(20)17-15(22)18-11-6-4-10(5-7-11)14-19-13-12(21-14)3-2-8-16-13/h2-8H,1H3,(H2,17,18,20,22). The zero-order chi connectivity index (χ0) is 15.5. The molecule has 2 aromatic heterocycles. The van der Waals surface area contributed by atoms with Crippen molar-refractivity contribution in [3.8, 4) is 11.5 Å². The van der Waals surface area contributed by atoms with Crippen molar-refractivity contribution < 1.29 is 9.21 Å². The van der Waals surface area contributed by atoms with E-state index in [1.807, 2.05) is 30.3 Å². The average Bonchev–Trinajstić information content (AvgIpc) is 2.91. The summed E-state index contributed by atoms with van der Waals surface area (Å²) in [5.74, 6) is 0.290. The molecule has 0 aliphatic carbocycles. The third-order valence-electron chi connectivity index (χ3n) is 2.84. The van der Waals surface area contributed by atoms with Gasteiger partial charge in [0.2, 0.25) is 11.8 Å². The fraction of sp³-hybridized carbons (Fsp3) is 0.0667. The molecule has 0 saturated carbocycles. The van der Waals surface area contributed by atoms with E-state index in [0.29, 0.717) is 17.1 Å². The maximum Gasteiger partial charge on any atom is 0.228 e. The molecule has 0 bridgehead atoms. The van der Waals surface area contributed by atoms with Crippen molar-refractivity contribution in [3.63, 3.8) is 0 Å². The Hall–Kier alpha value is -2.80. The first-order chi connectivity index (χ1) is 10.6. The number of fused-ring (bicyclic) bond motifs is 1. The van der Waals surface area contributed by atoms with Gasteiger partial charge in [-0.1, -0.05) is 0 Å². The number of hydrogen-bond donors (Lipinski definition) is 2. The minimum Gasteiger partial charge on any atom is -0.434 e. The van der Waals surface area contributed by atoms with Crippen molar-refractivity contribution >= 4 is 40.2 Å². The van der Waals surface area contributed by atoms with Crippen molar-refractivity contribution in [3.05, 3.63) is 42.6 Å². The number of anilines is 1. The Balaban J connectivity index is 1.79. The molecular weight excluding hydrogens is 300 g/mol. The highest BCUT2D eigenvalue weighted by atomic mass is 32.1. The first-order valence-electron chi connectivity index (χ1n) is 6.52. The summed E-state index contributed by atoms with van der Waals surface area (Å²) in [5, 5.41) is 5.67. The maximum atomic E-state index is 10.9. The Labute approximate surface area is 131 Å². The molecule has 0 radical (unpaired) electrons. The number of aromatic nitrogens is 2. The lowest BCUT2D eigenvalue weighted by Gasteiger charge is -2.07. The molecule has 0 atom stereocenters. The molecule has 0 spiro atoms.